The van der Waals surface area contributed by atoms with E-state index in [2.05, 4.69) is 0 Å². The zero-order chi connectivity index (χ0) is 12.3. The normalized spacial score (nSPS) is 12.2. The van der Waals surface area contributed by atoms with Gasteiger partial charge in [0.25, 0.3) is 0 Å². The average molecular weight is 245 g/mol. The molecule has 0 aliphatic rings. The Morgan fingerprint density at radius 2 is 2.19 bits per heavy atom. The van der Waals surface area contributed by atoms with E-state index in [1.807, 2.05) is 6.92 Å². The highest BCUT2D eigenvalue weighted by atomic mass is 35.5. The number of ether oxygens (including phenoxy) is 1. The monoisotopic (exact) mass is 244 g/mol. The summed E-state index contributed by atoms with van der Waals surface area (Å²) in [5.41, 5.74) is 1.03. The van der Waals surface area contributed by atoms with E-state index in [1.54, 1.807) is 6.07 Å². The molecule has 1 unspecified atom stereocenters. The van der Waals surface area contributed by atoms with Crippen LogP contribution in [0, 0.1) is 0 Å². The molecule has 0 aliphatic heterocycles. The molecule has 88 valence electrons. The van der Waals surface area contributed by atoms with Crippen molar-refractivity contribution in [3.63, 3.8) is 0 Å². The van der Waals surface area contributed by atoms with E-state index in [9.17, 15) is 9.90 Å². The number of aliphatic hydroxyl groups is 1. The summed E-state index contributed by atoms with van der Waals surface area (Å²) in [6, 6.07) is 2.99. The molecule has 5 heteroatoms. The molecular formula is C11H13ClO4. The molecular weight excluding hydrogens is 232 g/mol. The number of aliphatic carboxylic acids is 1. The minimum atomic E-state index is -1.56. The lowest BCUT2D eigenvalue weighted by atomic mass is 10.0. The summed E-state index contributed by atoms with van der Waals surface area (Å²) < 4.78 is 5.10. The molecule has 1 atom stereocenters. The molecule has 4 nitrogen and oxygen atoms in total. The maximum absolute atomic E-state index is 10.6. The summed E-state index contributed by atoms with van der Waals surface area (Å²) in [6.07, 6.45) is -0.919. The van der Waals surface area contributed by atoms with Crippen molar-refractivity contribution in [2.45, 2.75) is 19.4 Å². The van der Waals surface area contributed by atoms with Crippen molar-refractivity contribution < 1.29 is 19.7 Å². The predicted octanol–water partition coefficient (Wildman–Crippen LogP) is 2.03. The molecule has 1 aromatic carbocycles. The van der Waals surface area contributed by atoms with Crippen LogP contribution >= 0.6 is 11.6 Å². The molecule has 0 radical (unpaired) electrons. The third-order valence-corrected chi connectivity index (χ3v) is 2.56. The van der Waals surface area contributed by atoms with Crippen molar-refractivity contribution in [2.24, 2.45) is 0 Å². The van der Waals surface area contributed by atoms with Gasteiger partial charge in [-0.25, -0.2) is 4.79 Å². The number of hydrogen-bond acceptors (Lipinski definition) is 3. The van der Waals surface area contributed by atoms with Gasteiger partial charge < -0.3 is 14.9 Å². The summed E-state index contributed by atoms with van der Waals surface area (Å²) >= 11 is 5.93. The fourth-order valence-electron chi connectivity index (χ4n) is 1.47. The van der Waals surface area contributed by atoms with Gasteiger partial charge in [0.15, 0.2) is 6.10 Å². The van der Waals surface area contributed by atoms with Crippen molar-refractivity contribution >= 4 is 17.6 Å². The van der Waals surface area contributed by atoms with Crippen LogP contribution in [0.25, 0.3) is 0 Å². The van der Waals surface area contributed by atoms with Crippen molar-refractivity contribution in [3.05, 3.63) is 28.3 Å². The molecule has 0 heterocycles. The van der Waals surface area contributed by atoms with Crippen LogP contribution in [0.5, 0.6) is 5.75 Å². The molecule has 16 heavy (non-hydrogen) atoms. The number of carboxylic acid groups (broad SMARTS) is 1. The topological polar surface area (TPSA) is 66.8 Å². The summed E-state index contributed by atoms with van der Waals surface area (Å²) in [6.45, 7) is 1.89. The third kappa shape index (κ3) is 2.46. The number of rotatable bonds is 4. The highest BCUT2D eigenvalue weighted by Crippen LogP contribution is 2.32. The Labute approximate surface area is 98.4 Å². The fraction of sp³-hybridized carbons (Fsp3) is 0.364. The highest BCUT2D eigenvalue weighted by Gasteiger charge is 2.19. The van der Waals surface area contributed by atoms with E-state index in [1.165, 1.54) is 13.2 Å². The number of carboxylic acids is 1. The lowest BCUT2D eigenvalue weighted by Crippen LogP contribution is -2.11. The van der Waals surface area contributed by atoms with Gasteiger partial charge in [0.1, 0.15) is 5.75 Å². The maximum Gasteiger partial charge on any atom is 0.337 e. The van der Waals surface area contributed by atoms with Gasteiger partial charge in [0.05, 0.1) is 12.1 Å². The lowest BCUT2D eigenvalue weighted by Gasteiger charge is -2.13. The van der Waals surface area contributed by atoms with Crippen LogP contribution in [0.2, 0.25) is 5.02 Å². The molecule has 0 fully saturated rings. The van der Waals surface area contributed by atoms with Crippen LogP contribution in [0.1, 0.15) is 24.2 Å². The van der Waals surface area contributed by atoms with Crippen LogP contribution < -0.4 is 4.74 Å². The quantitative estimate of drug-likeness (QED) is 0.851. The minimum Gasteiger partial charge on any atom is -0.495 e. The highest BCUT2D eigenvalue weighted by molar-refractivity contribution is 6.32. The Bertz CT molecular complexity index is 403. The van der Waals surface area contributed by atoms with Gasteiger partial charge in [-0.15, -0.1) is 0 Å². The second kappa shape index (κ2) is 5.18. The zero-order valence-corrected chi connectivity index (χ0v) is 9.78. The summed E-state index contributed by atoms with van der Waals surface area (Å²) in [4.78, 5) is 10.6. The number of hydrogen-bond donors (Lipinski definition) is 2. The molecule has 2 N–H and O–H groups in total. The number of aliphatic hydroxyl groups excluding tert-OH is 1. The molecule has 0 saturated carbocycles. The Morgan fingerprint density at radius 3 is 2.62 bits per heavy atom. The Kier molecular flexibility index (Phi) is 4.15. The second-order valence-corrected chi connectivity index (χ2v) is 3.70. The average Bonchev–Trinajstić information content (AvgIpc) is 2.26. The van der Waals surface area contributed by atoms with Gasteiger partial charge in [0, 0.05) is 0 Å². The van der Waals surface area contributed by atoms with Gasteiger partial charge in [-0.2, -0.15) is 0 Å². The molecule has 0 saturated heterocycles. The molecule has 0 aromatic heterocycles. The Balaban J connectivity index is 3.25. The van der Waals surface area contributed by atoms with Gasteiger partial charge in [-0.3, -0.25) is 0 Å². The minimum absolute atomic E-state index is 0.259. The standard InChI is InChI=1S/C11H13ClO4/c1-3-6-4-7(9(13)11(14)15)5-8(12)10(6)16-2/h4-5,9,13H,3H2,1-2H3,(H,14,15). The van der Waals surface area contributed by atoms with E-state index in [4.69, 9.17) is 21.4 Å². The van der Waals surface area contributed by atoms with Crippen LogP contribution in [0.15, 0.2) is 12.1 Å². The zero-order valence-electron chi connectivity index (χ0n) is 9.03. The van der Waals surface area contributed by atoms with Gasteiger partial charge >= 0.3 is 5.97 Å². The van der Waals surface area contributed by atoms with Crippen molar-refractivity contribution in [1.29, 1.82) is 0 Å². The molecule has 0 amide bonds. The van der Waals surface area contributed by atoms with Crippen LogP contribution in [-0.2, 0) is 11.2 Å². The smallest absolute Gasteiger partial charge is 0.337 e. The first-order chi connectivity index (χ1) is 7.51. The Morgan fingerprint density at radius 1 is 1.56 bits per heavy atom. The van der Waals surface area contributed by atoms with Crippen molar-refractivity contribution in [3.8, 4) is 5.75 Å². The van der Waals surface area contributed by atoms with E-state index in [-0.39, 0.29) is 5.56 Å². The predicted molar refractivity (Wildman–Crippen MR) is 60.0 cm³/mol. The van der Waals surface area contributed by atoms with Crippen LogP contribution in [-0.4, -0.2) is 23.3 Å². The summed E-state index contributed by atoms with van der Waals surface area (Å²) in [7, 11) is 1.49. The van der Waals surface area contributed by atoms with Crippen LogP contribution in [0.3, 0.4) is 0 Å². The maximum atomic E-state index is 10.6. The lowest BCUT2D eigenvalue weighted by molar-refractivity contribution is -0.146. The van der Waals surface area contributed by atoms with Gasteiger partial charge in [-0.05, 0) is 29.7 Å². The number of halogens is 1. The number of carbonyl (C=O) groups is 1. The first-order valence-corrected chi connectivity index (χ1v) is 5.16. The second-order valence-electron chi connectivity index (χ2n) is 3.29. The Hall–Kier alpha value is -1.26. The number of aryl methyl sites for hydroxylation is 1. The molecule has 1 rings (SSSR count). The van der Waals surface area contributed by atoms with E-state index >= 15 is 0 Å². The first kappa shape index (κ1) is 12.8. The van der Waals surface area contributed by atoms with E-state index in [0.717, 1.165) is 5.56 Å². The van der Waals surface area contributed by atoms with E-state index in [0.29, 0.717) is 17.2 Å². The fourth-order valence-corrected chi connectivity index (χ4v) is 1.79. The summed E-state index contributed by atoms with van der Waals surface area (Å²) in [5.74, 6) is -0.784. The largest absolute Gasteiger partial charge is 0.495 e. The van der Waals surface area contributed by atoms with E-state index < -0.39 is 12.1 Å². The first-order valence-electron chi connectivity index (χ1n) is 4.78. The SMILES string of the molecule is CCc1cc(C(O)C(=O)O)cc(Cl)c1OC. The number of benzene rings is 1. The van der Waals surface area contributed by atoms with Gasteiger partial charge in [0.2, 0.25) is 0 Å². The molecule has 0 spiro atoms. The van der Waals surface area contributed by atoms with Crippen molar-refractivity contribution in [1.82, 2.24) is 0 Å². The molecule has 0 aliphatic carbocycles. The molecule has 0 bridgehead atoms. The summed E-state index contributed by atoms with van der Waals surface area (Å²) in [5, 5.41) is 18.4. The third-order valence-electron chi connectivity index (χ3n) is 2.28. The van der Waals surface area contributed by atoms with Crippen LogP contribution in [0.4, 0.5) is 0 Å². The molecule has 1 aromatic rings. The number of methoxy groups -OCH3 is 1. The van der Waals surface area contributed by atoms with Gasteiger partial charge in [-0.1, -0.05) is 18.5 Å². The van der Waals surface area contributed by atoms with Crippen molar-refractivity contribution in [2.75, 3.05) is 7.11 Å².